The molecule has 8 heteroatoms. The molecule has 1 saturated heterocycles. The number of carbonyl (C=O) groups is 1. The lowest BCUT2D eigenvalue weighted by Crippen LogP contribution is -2.49. The Morgan fingerprint density at radius 3 is 2.33 bits per heavy atom. The molecule has 0 unspecified atom stereocenters. The van der Waals surface area contributed by atoms with Crippen molar-refractivity contribution in [1.82, 2.24) is 19.8 Å². The summed E-state index contributed by atoms with van der Waals surface area (Å²) in [6, 6.07) is 0. The number of guanidine groups is 1. The third-order valence-electron chi connectivity index (χ3n) is 6.31. The highest BCUT2D eigenvalue weighted by atomic mass is 16.1. The Morgan fingerprint density at radius 1 is 1.09 bits per heavy atom. The number of fused-ring (bicyclic) bond motifs is 1. The fourth-order valence-corrected chi connectivity index (χ4v) is 4.06. The van der Waals surface area contributed by atoms with Gasteiger partial charge in [-0.3, -0.25) is 15.1 Å². The number of piperazine rings is 1. The van der Waals surface area contributed by atoms with Crippen molar-refractivity contribution in [3.8, 4) is 0 Å². The number of Topliss-reactive ketones (excluding diaryl/α,β-unsaturated/α-hetero) is 1. The molecule has 33 heavy (non-hydrogen) atoms. The Labute approximate surface area is 198 Å². The van der Waals surface area contributed by atoms with Crippen LogP contribution >= 0.6 is 0 Å². The first-order valence-corrected chi connectivity index (χ1v) is 11.8. The van der Waals surface area contributed by atoms with Crippen LogP contribution in [0, 0.1) is 10.8 Å². The zero-order valence-corrected chi connectivity index (χ0v) is 21.3. The number of aromatic nitrogens is 2. The molecule has 3 rings (SSSR count). The Morgan fingerprint density at radius 2 is 1.76 bits per heavy atom. The molecule has 2 aliphatic heterocycles. The zero-order valence-electron chi connectivity index (χ0n) is 21.3. The van der Waals surface area contributed by atoms with Gasteiger partial charge in [-0.2, -0.15) is 0 Å². The van der Waals surface area contributed by atoms with E-state index in [0.29, 0.717) is 18.7 Å². The van der Waals surface area contributed by atoms with Gasteiger partial charge in [-0.25, -0.2) is 15.0 Å². The van der Waals surface area contributed by atoms with Crippen LogP contribution in [0.3, 0.4) is 0 Å². The maximum Gasteiger partial charge on any atom is 0.225 e. The normalized spacial score (nSPS) is 18.6. The highest BCUT2D eigenvalue weighted by Gasteiger charge is 2.28. The lowest BCUT2D eigenvalue weighted by Gasteiger charge is -2.39. The van der Waals surface area contributed by atoms with Crippen LogP contribution < -0.4 is 4.90 Å². The van der Waals surface area contributed by atoms with Gasteiger partial charge in [0.2, 0.25) is 11.9 Å². The minimum Gasteiger partial charge on any atom is -0.338 e. The number of hydrogen-bond acceptors (Lipinski definition) is 6. The topological polar surface area (TPSA) is 88.8 Å². The van der Waals surface area contributed by atoms with Crippen LogP contribution in [-0.2, 0) is 17.8 Å². The molecule has 180 valence electrons. The fraction of sp³-hybridized carbons (Fsp3) is 0.640. The molecule has 2 aliphatic rings. The second-order valence-corrected chi connectivity index (χ2v) is 10.9. The third kappa shape index (κ3) is 6.05. The molecule has 1 aromatic rings. The lowest BCUT2D eigenvalue weighted by molar-refractivity contribution is -0.121. The molecular weight excluding hydrogens is 414 g/mol. The number of nitrogens with zero attached hydrogens (tertiary/aromatic N) is 6. The standard InChI is InChI=1S/C25H39N7O/c1-8-18(21(33)24(2,3)4)15-27-22(26)30-11-13-31(14-12-30)23-28-16-19-17-32(25(5,6)7)10-9-20(19)29-23/h8,15-16,26H,9-14,17H2,1-7H3/b18-8+,26-22?,27-15?. The molecule has 0 aromatic carbocycles. The molecule has 8 nitrogen and oxygen atoms in total. The van der Waals surface area contributed by atoms with Crippen LogP contribution in [-0.4, -0.2) is 76.0 Å². The third-order valence-corrected chi connectivity index (χ3v) is 6.31. The van der Waals surface area contributed by atoms with Gasteiger partial charge in [-0.15, -0.1) is 0 Å². The van der Waals surface area contributed by atoms with Crippen LogP contribution in [0.4, 0.5) is 5.95 Å². The number of hydrogen-bond donors (Lipinski definition) is 1. The minimum absolute atomic E-state index is 0.0292. The molecule has 1 aromatic heterocycles. The van der Waals surface area contributed by atoms with Gasteiger partial charge in [0.1, 0.15) is 0 Å². The average molecular weight is 454 g/mol. The van der Waals surface area contributed by atoms with Crippen LogP contribution in [0.1, 0.15) is 59.7 Å². The summed E-state index contributed by atoms with van der Waals surface area (Å²) in [7, 11) is 0. The summed E-state index contributed by atoms with van der Waals surface area (Å²) in [6.45, 7) is 19.0. The van der Waals surface area contributed by atoms with E-state index < -0.39 is 5.41 Å². The lowest BCUT2D eigenvalue weighted by atomic mass is 9.86. The maximum atomic E-state index is 12.5. The predicted octanol–water partition coefficient (Wildman–Crippen LogP) is 3.32. The van der Waals surface area contributed by atoms with E-state index in [1.807, 2.05) is 38.8 Å². The summed E-state index contributed by atoms with van der Waals surface area (Å²) in [5.41, 5.74) is 2.59. The average Bonchev–Trinajstić information content (AvgIpc) is 2.77. The smallest absolute Gasteiger partial charge is 0.225 e. The Bertz CT molecular complexity index is 944. The Balaban J connectivity index is 1.58. The van der Waals surface area contributed by atoms with Gasteiger partial charge in [0.05, 0.1) is 5.69 Å². The van der Waals surface area contributed by atoms with Crippen LogP contribution in [0.15, 0.2) is 22.8 Å². The SMILES string of the molecule is C/C=C(\C=NC(=N)N1CCN(c2ncc3c(n2)CCN(C(C)(C)C)C3)CC1)C(=O)C(C)(C)C. The second-order valence-electron chi connectivity index (χ2n) is 10.9. The summed E-state index contributed by atoms with van der Waals surface area (Å²) in [5, 5.41) is 8.35. The largest absolute Gasteiger partial charge is 0.338 e. The van der Waals surface area contributed by atoms with Crippen molar-refractivity contribution in [2.24, 2.45) is 10.4 Å². The van der Waals surface area contributed by atoms with E-state index in [0.717, 1.165) is 44.2 Å². The van der Waals surface area contributed by atoms with Crippen LogP contribution in [0.2, 0.25) is 0 Å². The van der Waals surface area contributed by atoms with Crippen molar-refractivity contribution in [2.45, 2.75) is 67.0 Å². The van der Waals surface area contributed by atoms with E-state index in [2.05, 4.69) is 40.5 Å². The predicted molar refractivity (Wildman–Crippen MR) is 134 cm³/mol. The first kappa shape index (κ1) is 25.0. The van der Waals surface area contributed by atoms with Gasteiger partial charge < -0.3 is 9.80 Å². The number of carbonyl (C=O) groups excluding carboxylic acids is 1. The van der Waals surface area contributed by atoms with Crippen molar-refractivity contribution in [3.05, 3.63) is 29.1 Å². The second kappa shape index (κ2) is 9.71. The summed E-state index contributed by atoms with van der Waals surface area (Å²) in [4.78, 5) is 32.9. The molecule has 0 atom stereocenters. The maximum absolute atomic E-state index is 12.5. The monoisotopic (exact) mass is 453 g/mol. The van der Waals surface area contributed by atoms with E-state index in [9.17, 15) is 4.79 Å². The highest BCUT2D eigenvalue weighted by Crippen LogP contribution is 2.25. The van der Waals surface area contributed by atoms with Crippen LogP contribution in [0.5, 0.6) is 0 Å². The van der Waals surface area contributed by atoms with E-state index in [4.69, 9.17) is 10.4 Å². The molecule has 0 radical (unpaired) electrons. The van der Waals surface area contributed by atoms with Gasteiger partial charge in [0.25, 0.3) is 0 Å². The van der Waals surface area contributed by atoms with Crippen molar-refractivity contribution >= 4 is 23.9 Å². The van der Waals surface area contributed by atoms with E-state index in [1.165, 1.54) is 11.8 Å². The number of nitrogens with one attached hydrogen (secondary N) is 1. The molecular formula is C25H39N7O. The molecule has 3 heterocycles. The van der Waals surface area contributed by atoms with Crippen molar-refractivity contribution < 1.29 is 4.79 Å². The highest BCUT2D eigenvalue weighted by molar-refractivity contribution is 6.16. The fourth-order valence-electron chi connectivity index (χ4n) is 4.06. The summed E-state index contributed by atoms with van der Waals surface area (Å²) >= 11 is 0. The Hall–Kier alpha value is -2.61. The molecule has 0 amide bonds. The number of aliphatic imine (C=N–C) groups is 1. The van der Waals surface area contributed by atoms with Crippen molar-refractivity contribution in [1.29, 1.82) is 5.41 Å². The number of rotatable bonds is 3. The number of anilines is 1. The summed E-state index contributed by atoms with van der Waals surface area (Å²) < 4.78 is 0. The number of ketones is 1. The first-order chi connectivity index (χ1) is 15.4. The van der Waals surface area contributed by atoms with E-state index in [-0.39, 0.29) is 17.3 Å². The minimum atomic E-state index is -0.471. The van der Waals surface area contributed by atoms with Gasteiger partial charge in [-0.05, 0) is 27.7 Å². The van der Waals surface area contributed by atoms with Crippen LogP contribution in [0.25, 0.3) is 0 Å². The molecule has 0 saturated carbocycles. The quantitative estimate of drug-likeness (QED) is 0.429. The van der Waals surface area contributed by atoms with E-state index >= 15 is 0 Å². The molecule has 0 bridgehead atoms. The van der Waals surface area contributed by atoms with Gasteiger partial charge >= 0.3 is 0 Å². The molecule has 0 aliphatic carbocycles. The molecule has 1 N–H and O–H groups in total. The van der Waals surface area contributed by atoms with Gasteiger partial charge in [0, 0.05) is 80.2 Å². The van der Waals surface area contributed by atoms with Crippen molar-refractivity contribution in [2.75, 3.05) is 37.6 Å². The Kier molecular flexibility index (Phi) is 7.36. The molecule has 1 fully saturated rings. The molecule has 0 spiro atoms. The van der Waals surface area contributed by atoms with Gasteiger partial charge in [-0.1, -0.05) is 26.8 Å². The van der Waals surface area contributed by atoms with Gasteiger partial charge in [0.15, 0.2) is 5.78 Å². The first-order valence-electron chi connectivity index (χ1n) is 11.8. The summed E-state index contributed by atoms with van der Waals surface area (Å²) in [5.74, 6) is 0.991. The van der Waals surface area contributed by atoms with E-state index in [1.54, 1.807) is 6.08 Å². The van der Waals surface area contributed by atoms with Crippen molar-refractivity contribution in [3.63, 3.8) is 0 Å². The zero-order chi connectivity index (χ0) is 24.4. The number of allylic oxidation sites excluding steroid dienone is 2. The summed E-state index contributed by atoms with van der Waals surface area (Å²) in [6.07, 6.45) is 6.22.